The Morgan fingerprint density at radius 3 is 2.77 bits per heavy atom. The van der Waals surface area contributed by atoms with Crippen molar-refractivity contribution in [3.8, 4) is 11.5 Å². The summed E-state index contributed by atoms with van der Waals surface area (Å²) in [5.74, 6) is 1.88. The van der Waals surface area contributed by atoms with Crippen molar-refractivity contribution in [3.05, 3.63) is 47.0 Å². The maximum absolute atomic E-state index is 13.1. The molecule has 132 valence electrons. The van der Waals surface area contributed by atoms with Crippen LogP contribution in [0.5, 0.6) is 11.5 Å². The lowest BCUT2D eigenvalue weighted by atomic mass is 9.85. The SMILES string of the molecule is COc1cc2c(cc1OC)[C@@H]1Cc3c(cnc4ncnn34)C(=O)N1CC2. The number of aromatic nitrogens is 4. The lowest BCUT2D eigenvalue weighted by Crippen LogP contribution is -2.45. The van der Waals surface area contributed by atoms with Gasteiger partial charge in [0.05, 0.1) is 31.5 Å². The van der Waals surface area contributed by atoms with Gasteiger partial charge in [-0.2, -0.15) is 10.1 Å². The topological polar surface area (TPSA) is 81.9 Å². The van der Waals surface area contributed by atoms with Gasteiger partial charge < -0.3 is 14.4 Å². The zero-order valence-corrected chi connectivity index (χ0v) is 14.5. The third kappa shape index (κ3) is 1.95. The summed E-state index contributed by atoms with van der Waals surface area (Å²) < 4.78 is 12.6. The van der Waals surface area contributed by atoms with Crippen molar-refractivity contribution in [3.63, 3.8) is 0 Å². The van der Waals surface area contributed by atoms with Gasteiger partial charge in [0.15, 0.2) is 11.5 Å². The Morgan fingerprint density at radius 1 is 1.15 bits per heavy atom. The molecule has 8 heteroatoms. The number of methoxy groups -OCH3 is 2. The summed E-state index contributed by atoms with van der Waals surface area (Å²) in [6, 6.07) is 3.94. The number of nitrogens with zero attached hydrogens (tertiary/aromatic N) is 5. The average molecular weight is 351 g/mol. The van der Waals surface area contributed by atoms with E-state index in [2.05, 4.69) is 15.1 Å². The highest BCUT2D eigenvalue weighted by Gasteiger charge is 2.39. The molecule has 3 aromatic rings. The molecule has 2 aliphatic heterocycles. The highest BCUT2D eigenvalue weighted by Crippen LogP contribution is 2.42. The van der Waals surface area contributed by atoms with E-state index < -0.39 is 0 Å². The molecule has 5 rings (SSSR count). The molecule has 2 aliphatic rings. The predicted octanol–water partition coefficient (Wildman–Crippen LogP) is 1.44. The molecule has 0 spiro atoms. The van der Waals surface area contributed by atoms with E-state index in [1.165, 1.54) is 11.9 Å². The molecule has 2 aromatic heterocycles. The minimum atomic E-state index is -0.0617. The molecule has 0 unspecified atom stereocenters. The van der Waals surface area contributed by atoms with E-state index in [-0.39, 0.29) is 11.9 Å². The zero-order chi connectivity index (χ0) is 17.8. The Kier molecular flexibility index (Phi) is 3.15. The lowest BCUT2D eigenvalue weighted by molar-refractivity contribution is 0.0626. The number of rotatable bonds is 2. The van der Waals surface area contributed by atoms with Crippen LogP contribution in [0.2, 0.25) is 0 Å². The molecule has 0 N–H and O–H groups in total. The van der Waals surface area contributed by atoms with E-state index in [1.807, 2.05) is 17.0 Å². The van der Waals surface area contributed by atoms with Crippen molar-refractivity contribution in [2.24, 2.45) is 0 Å². The fourth-order valence-corrected chi connectivity index (χ4v) is 4.03. The molecule has 8 nitrogen and oxygen atoms in total. The second-order valence-electron chi connectivity index (χ2n) is 6.46. The van der Waals surface area contributed by atoms with Crippen LogP contribution in [0.25, 0.3) is 5.78 Å². The predicted molar refractivity (Wildman–Crippen MR) is 91.5 cm³/mol. The minimum Gasteiger partial charge on any atom is -0.493 e. The van der Waals surface area contributed by atoms with Gasteiger partial charge in [-0.05, 0) is 29.7 Å². The molecule has 0 bridgehead atoms. The van der Waals surface area contributed by atoms with Gasteiger partial charge in [0.2, 0.25) is 0 Å². The largest absolute Gasteiger partial charge is 0.493 e. The second-order valence-corrected chi connectivity index (χ2v) is 6.46. The summed E-state index contributed by atoms with van der Waals surface area (Å²) >= 11 is 0. The number of carbonyl (C=O) groups is 1. The van der Waals surface area contributed by atoms with E-state index in [4.69, 9.17) is 9.47 Å². The van der Waals surface area contributed by atoms with E-state index in [9.17, 15) is 4.79 Å². The quantitative estimate of drug-likeness (QED) is 0.695. The van der Waals surface area contributed by atoms with Crippen LogP contribution >= 0.6 is 0 Å². The number of amides is 1. The van der Waals surface area contributed by atoms with Gasteiger partial charge in [-0.3, -0.25) is 4.79 Å². The Bertz CT molecular complexity index is 1040. The highest BCUT2D eigenvalue weighted by atomic mass is 16.5. The van der Waals surface area contributed by atoms with Crippen LogP contribution in [-0.4, -0.2) is 51.2 Å². The van der Waals surface area contributed by atoms with E-state index in [0.717, 1.165) is 17.7 Å². The highest BCUT2D eigenvalue weighted by molar-refractivity contribution is 5.97. The average Bonchev–Trinajstić information content (AvgIpc) is 3.16. The van der Waals surface area contributed by atoms with Gasteiger partial charge in [0, 0.05) is 19.2 Å². The molecule has 0 saturated heterocycles. The standard InChI is InChI=1S/C18H17N5O3/c1-25-15-5-10-3-4-22-13(11(10)6-16(15)26-2)7-14-12(17(22)24)8-19-18-20-9-21-23(14)18/h5-6,8-9,13H,3-4,7H2,1-2H3/t13-/m0/s1. The van der Waals surface area contributed by atoms with Crippen LogP contribution < -0.4 is 9.47 Å². The third-order valence-electron chi connectivity index (χ3n) is 5.29. The molecule has 0 saturated carbocycles. The number of hydrogen-bond acceptors (Lipinski definition) is 6. The van der Waals surface area contributed by atoms with Crippen molar-refractivity contribution in [2.75, 3.05) is 20.8 Å². The first kappa shape index (κ1) is 15.1. The Labute approximate surface area is 149 Å². The Morgan fingerprint density at radius 2 is 1.96 bits per heavy atom. The smallest absolute Gasteiger partial charge is 0.257 e. The monoisotopic (exact) mass is 351 g/mol. The minimum absolute atomic E-state index is 0.0124. The van der Waals surface area contributed by atoms with E-state index in [1.54, 1.807) is 24.9 Å². The third-order valence-corrected chi connectivity index (χ3v) is 5.29. The van der Waals surface area contributed by atoms with Crippen LogP contribution in [0.3, 0.4) is 0 Å². The van der Waals surface area contributed by atoms with Crippen molar-refractivity contribution < 1.29 is 14.3 Å². The first-order chi connectivity index (χ1) is 12.7. The maximum Gasteiger partial charge on any atom is 0.257 e. The molecular weight excluding hydrogens is 334 g/mol. The van der Waals surface area contributed by atoms with Gasteiger partial charge >= 0.3 is 0 Å². The molecule has 4 heterocycles. The summed E-state index contributed by atoms with van der Waals surface area (Å²) in [7, 11) is 3.25. The van der Waals surface area contributed by atoms with E-state index >= 15 is 0 Å². The summed E-state index contributed by atoms with van der Waals surface area (Å²) in [4.78, 5) is 23.4. The first-order valence-corrected chi connectivity index (χ1v) is 8.44. The molecular formula is C18H17N5O3. The molecule has 1 aromatic carbocycles. The molecule has 0 fully saturated rings. The second kappa shape index (κ2) is 5.42. The van der Waals surface area contributed by atoms with Gasteiger partial charge in [-0.1, -0.05) is 0 Å². The van der Waals surface area contributed by atoms with Crippen LogP contribution in [-0.2, 0) is 12.8 Å². The molecule has 1 amide bonds. The first-order valence-electron chi connectivity index (χ1n) is 8.44. The summed E-state index contributed by atoms with van der Waals surface area (Å²) in [6.45, 7) is 0.667. The fraction of sp³-hybridized carbons (Fsp3) is 0.333. The van der Waals surface area contributed by atoms with Crippen molar-refractivity contribution in [2.45, 2.75) is 18.9 Å². The van der Waals surface area contributed by atoms with Crippen LogP contribution in [0, 0.1) is 0 Å². The van der Waals surface area contributed by atoms with Crippen LogP contribution in [0.4, 0.5) is 0 Å². The van der Waals surface area contributed by atoms with Crippen LogP contribution in [0.15, 0.2) is 24.7 Å². The summed E-state index contributed by atoms with van der Waals surface area (Å²) in [6.07, 6.45) is 4.52. The van der Waals surface area contributed by atoms with Crippen molar-refractivity contribution in [1.82, 2.24) is 24.5 Å². The molecule has 0 aliphatic carbocycles. The number of carbonyl (C=O) groups excluding carboxylic acids is 1. The number of hydrogen-bond donors (Lipinski definition) is 0. The Hall–Kier alpha value is -3.16. The van der Waals surface area contributed by atoms with Gasteiger partial charge in [0.1, 0.15) is 6.33 Å². The fourth-order valence-electron chi connectivity index (χ4n) is 4.03. The number of ether oxygens (including phenoxy) is 2. The van der Waals surface area contributed by atoms with Gasteiger partial charge in [-0.15, -0.1) is 0 Å². The lowest BCUT2D eigenvalue weighted by Gasteiger charge is -2.41. The summed E-state index contributed by atoms with van der Waals surface area (Å²) in [5.41, 5.74) is 3.73. The number of fused-ring (bicyclic) bond motifs is 6. The normalized spacial score (nSPS) is 18.3. The number of benzene rings is 1. The van der Waals surface area contributed by atoms with Crippen molar-refractivity contribution in [1.29, 1.82) is 0 Å². The van der Waals surface area contributed by atoms with E-state index in [0.29, 0.717) is 35.8 Å². The van der Waals surface area contributed by atoms with Crippen molar-refractivity contribution >= 4 is 11.7 Å². The van der Waals surface area contributed by atoms with Gasteiger partial charge in [-0.25, -0.2) is 9.50 Å². The van der Waals surface area contributed by atoms with Gasteiger partial charge in [0.25, 0.3) is 11.7 Å². The summed E-state index contributed by atoms with van der Waals surface area (Å²) in [5, 5.41) is 4.25. The Balaban J connectivity index is 1.68. The molecule has 0 radical (unpaired) electrons. The maximum atomic E-state index is 13.1. The zero-order valence-electron chi connectivity index (χ0n) is 14.5. The van der Waals surface area contributed by atoms with Crippen LogP contribution in [0.1, 0.15) is 33.2 Å². The molecule has 1 atom stereocenters. The molecule has 26 heavy (non-hydrogen) atoms.